The summed E-state index contributed by atoms with van der Waals surface area (Å²) in [6.07, 6.45) is 10.2. The second-order valence-electron chi connectivity index (χ2n) is 8.11. The zero-order chi connectivity index (χ0) is 17.3. The molecule has 2 heteroatoms. The number of hydrogen-bond donors (Lipinski definition) is 1. The number of rotatable bonds is 5. The van der Waals surface area contributed by atoms with Gasteiger partial charge in [-0.1, -0.05) is 31.6 Å². The molecule has 0 fully saturated rings. The number of aromatic nitrogens is 1. The van der Waals surface area contributed by atoms with Gasteiger partial charge in [-0.2, -0.15) is 0 Å². The molecule has 0 radical (unpaired) electrons. The lowest BCUT2D eigenvalue weighted by Gasteiger charge is -2.33. The zero-order valence-corrected chi connectivity index (χ0v) is 15.6. The molecule has 1 aliphatic rings. The molecule has 1 unspecified atom stereocenters. The van der Waals surface area contributed by atoms with E-state index >= 15 is 0 Å². The lowest BCUT2D eigenvalue weighted by Crippen LogP contribution is -2.20. The van der Waals surface area contributed by atoms with Crippen LogP contribution < -0.4 is 0 Å². The second-order valence-corrected chi connectivity index (χ2v) is 8.11. The molecule has 0 bridgehead atoms. The molecule has 1 heterocycles. The topological polar surface area (TPSA) is 25.2 Å². The molecular formula is C22H31NO. The number of aliphatic hydroxyl groups is 1. The third kappa shape index (κ3) is 3.30. The van der Waals surface area contributed by atoms with E-state index in [1.165, 1.54) is 34.9 Å². The zero-order valence-electron chi connectivity index (χ0n) is 15.6. The first-order valence-electron chi connectivity index (χ1n) is 9.30. The molecule has 1 N–H and O–H groups in total. The van der Waals surface area contributed by atoms with Crippen molar-refractivity contribution >= 4 is 10.9 Å². The van der Waals surface area contributed by atoms with Gasteiger partial charge in [0.25, 0.3) is 0 Å². The Morgan fingerprint density at radius 1 is 1.25 bits per heavy atom. The fourth-order valence-electron chi connectivity index (χ4n) is 4.31. The van der Waals surface area contributed by atoms with Crippen LogP contribution in [0.1, 0.15) is 63.1 Å². The van der Waals surface area contributed by atoms with E-state index in [1.54, 1.807) is 5.57 Å². The van der Waals surface area contributed by atoms with Gasteiger partial charge in [-0.25, -0.2) is 0 Å². The highest BCUT2D eigenvalue weighted by Crippen LogP contribution is 2.41. The molecule has 0 saturated heterocycles. The SMILES string of the molecule is Cc1cc(C)c2ccn(C3CC=C(C(C)(C)CCCO)CC3)c2c1. The largest absolute Gasteiger partial charge is 0.396 e. The van der Waals surface area contributed by atoms with E-state index < -0.39 is 0 Å². The van der Waals surface area contributed by atoms with Crippen LogP contribution >= 0.6 is 0 Å². The molecule has 3 rings (SSSR count). The van der Waals surface area contributed by atoms with Crippen molar-refractivity contribution in [1.29, 1.82) is 0 Å². The molecule has 2 aromatic rings. The lowest BCUT2D eigenvalue weighted by atomic mass is 9.75. The summed E-state index contributed by atoms with van der Waals surface area (Å²) in [5.74, 6) is 0. The molecule has 1 atom stereocenters. The van der Waals surface area contributed by atoms with E-state index in [4.69, 9.17) is 5.11 Å². The molecule has 0 amide bonds. The third-order valence-corrected chi connectivity index (χ3v) is 5.80. The van der Waals surface area contributed by atoms with Crippen LogP contribution in [-0.2, 0) is 0 Å². The molecule has 1 aliphatic carbocycles. The van der Waals surface area contributed by atoms with Crippen LogP contribution in [0.15, 0.2) is 36.0 Å². The molecule has 1 aromatic carbocycles. The van der Waals surface area contributed by atoms with Crippen LogP contribution in [0.3, 0.4) is 0 Å². The van der Waals surface area contributed by atoms with E-state index in [2.05, 4.69) is 62.7 Å². The van der Waals surface area contributed by atoms with E-state index in [0.717, 1.165) is 19.3 Å². The van der Waals surface area contributed by atoms with Crippen molar-refractivity contribution in [2.24, 2.45) is 5.41 Å². The first-order valence-corrected chi connectivity index (χ1v) is 9.30. The van der Waals surface area contributed by atoms with Gasteiger partial charge in [-0.15, -0.1) is 0 Å². The fourth-order valence-corrected chi connectivity index (χ4v) is 4.31. The molecule has 130 valence electrons. The quantitative estimate of drug-likeness (QED) is 0.700. The number of fused-ring (bicyclic) bond motifs is 1. The molecular weight excluding hydrogens is 294 g/mol. The molecule has 2 nitrogen and oxygen atoms in total. The Bertz CT molecular complexity index is 751. The number of hydrogen-bond acceptors (Lipinski definition) is 1. The van der Waals surface area contributed by atoms with Crippen LogP contribution in [-0.4, -0.2) is 16.3 Å². The number of aliphatic hydroxyl groups excluding tert-OH is 1. The van der Waals surface area contributed by atoms with E-state index in [-0.39, 0.29) is 5.41 Å². The van der Waals surface area contributed by atoms with E-state index in [0.29, 0.717) is 12.6 Å². The van der Waals surface area contributed by atoms with Crippen LogP contribution in [0.4, 0.5) is 0 Å². The summed E-state index contributed by atoms with van der Waals surface area (Å²) in [4.78, 5) is 0. The molecule has 0 spiro atoms. The van der Waals surface area contributed by atoms with Gasteiger partial charge in [0.2, 0.25) is 0 Å². The van der Waals surface area contributed by atoms with Crippen LogP contribution in [0.5, 0.6) is 0 Å². The van der Waals surface area contributed by atoms with E-state index in [9.17, 15) is 0 Å². The Balaban J connectivity index is 1.82. The monoisotopic (exact) mass is 325 g/mol. The predicted molar refractivity (Wildman–Crippen MR) is 102 cm³/mol. The van der Waals surface area contributed by atoms with Crippen molar-refractivity contribution < 1.29 is 5.11 Å². The average molecular weight is 325 g/mol. The van der Waals surface area contributed by atoms with Crippen molar-refractivity contribution in [3.63, 3.8) is 0 Å². The predicted octanol–water partition coefficient (Wildman–Crippen LogP) is 5.71. The maximum Gasteiger partial charge on any atom is 0.0488 e. The highest BCUT2D eigenvalue weighted by Gasteiger charge is 2.27. The summed E-state index contributed by atoms with van der Waals surface area (Å²) in [5.41, 5.74) is 5.91. The van der Waals surface area contributed by atoms with Gasteiger partial charge < -0.3 is 9.67 Å². The third-order valence-electron chi connectivity index (χ3n) is 5.80. The summed E-state index contributed by atoms with van der Waals surface area (Å²) >= 11 is 0. The van der Waals surface area contributed by atoms with Crippen LogP contribution in [0, 0.1) is 19.3 Å². The molecule has 0 saturated carbocycles. The first kappa shape index (κ1) is 17.3. The standard InChI is InChI=1S/C22H31NO/c1-16-14-17(2)20-10-12-23(21(20)15-16)19-8-6-18(7-9-19)22(3,4)11-5-13-24/h6,10,12,14-15,19,24H,5,7-9,11,13H2,1-4H3. The highest BCUT2D eigenvalue weighted by molar-refractivity contribution is 5.84. The molecule has 24 heavy (non-hydrogen) atoms. The molecule has 1 aromatic heterocycles. The summed E-state index contributed by atoms with van der Waals surface area (Å²) in [6, 6.07) is 7.44. The normalized spacial score (nSPS) is 18.9. The maximum absolute atomic E-state index is 9.12. The average Bonchev–Trinajstić information content (AvgIpc) is 2.97. The van der Waals surface area contributed by atoms with Gasteiger partial charge in [0.05, 0.1) is 0 Å². The van der Waals surface area contributed by atoms with Gasteiger partial charge in [0.15, 0.2) is 0 Å². The van der Waals surface area contributed by atoms with Crippen molar-refractivity contribution in [3.8, 4) is 0 Å². The van der Waals surface area contributed by atoms with Gasteiger partial charge in [-0.3, -0.25) is 0 Å². The highest BCUT2D eigenvalue weighted by atomic mass is 16.2. The number of allylic oxidation sites excluding steroid dienone is 2. The number of benzene rings is 1. The first-order chi connectivity index (χ1) is 11.4. The van der Waals surface area contributed by atoms with Gasteiger partial charge in [0.1, 0.15) is 0 Å². The Kier molecular flexibility index (Phi) is 4.87. The van der Waals surface area contributed by atoms with E-state index in [1.807, 2.05) is 0 Å². The Hall–Kier alpha value is -1.54. The Labute approximate surface area is 146 Å². The maximum atomic E-state index is 9.12. The summed E-state index contributed by atoms with van der Waals surface area (Å²) in [6.45, 7) is 9.35. The number of aryl methyl sites for hydroxylation is 2. The second kappa shape index (κ2) is 6.76. The van der Waals surface area contributed by atoms with Crippen molar-refractivity contribution in [2.75, 3.05) is 6.61 Å². The Morgan fingerprint density at radius 3 is 2.71 bits per heavy atom. The van der Waals surface area contributed by atoms with Gasteiger partial charge >= 0.3 is 0 Å². The summed E-state index contributed by atoms with van der Waals surface area (Å²) in [5, 5.41) is 10.5. The minimum absolute atomic E-state index is 0.222. The lowest BCUT2D eigenvalue weighted by molar-refractivity contribution is 0.253. The summed E-state index contributed by atoms with van der Waals surface area (Å²) < 4.78 is 2.49. The molecule has 0 aliphatic heterocycles. The van der Waals surface area contributed by atoms with Gasteiger partial charge in [-0.05, 0) is 74.6 Å². The van der Waals surface area contributed by atoms with Crippen LogP contribution in [0.25, 0.3) is 10.9 Å². The minimum Gasteiger partial charge on any atom is -0.396 e. The fraction of sp³-hybridized carbons (Fsp3) is 0.545. The number of nitrogens with zero attached hydrogens (tertiary/aromatic N) is 1. The minimum atomic E-state index is 0.222. The van der Waals surface area contributed by atoms with Crippen molar-refractivity contribution in [1.82, 2.24) is 4.57 Å². The van der Waals surface area contributed by atoms with Crippen LogP contribution in [0.2, 0.25) is 0 Å². The summed E-state index contributed by atoms with van der Waals surface area (Å²) in [7, 11) is 0. The smallest absolute Gasteiger partial charge is 0.0488 e. The van der Waals surface area contributed by atoms with Gasteiger partial charge in [0, 0.05) is 29.7 Å². The Morgan fingerprint density at radius 2 is 2.04 bits per heavy atom. The van der Waals surface area contributed by atoms with Crippen molar-refractivity contribution in [2.45, 2.75) is 65.8 Å². The van der Waals surface area contributed by atoms with Crippen molar-refractivity contribution in [3.05, 3.63) is 47.2 Å².